The molecule has 0 aromatic rings. The lowest BCUT2D eigenvalue weighted by atomic mass is 10.1. The standard InChI is InChI=1S/C33H58O6/c1-3-5-7-9-11-12-13-14-15-16-18-19-21-24-30(35)25-23-27-32(36)38-29-31(28-34)39-33(37)26-22-20-17-10-8-6-4-2/h14-15,18-19,21,24,30-31,34-35H,3-13,16-17,20,22-23,25-29H2,1-2H3/b15-14+,19-18+,24-21+/t30?,31-/m0/s1. The van der Waals surface area contributed by atoms with Gasteiger partial charge in [0.25, 0.3) is 0 Å². The fourth-order valence-electron chi connectivity index (χ4n) is 4.09. The summed E-state index contributed by atoms with van der Waals surface area (Å²) in [4.78, 5) is 23.9. The van der Waals surface area contributed by atoms with E-state index in [2.05, 4.69) is 32.1 Å². The van der Waals surface area contributed by atoms with E-state index in [-0.39, 0.29) is 25.6 Å². The summed E-state index contributed by atoms with van der Waals surface area (Å²) >= 11 is 0. The number of esters is 2. The molecular formula is C33H58O6. The second kappa shape index (κ2) is 29.1. The maximum absolute atomic E-state index is 12.0. The van der Waals surface area contributed by atoms with Gasteiger partial charge in [-0.25, -0.2) is 0 Å². The van der Waals surface area contributed by atoms with Crippen molar-refractivity contribution in [2.24, 2.45) is 0 Å². The molecule has 0 saturated heterocycles. The summed E-state index contributed by atoms with van der Waals surface area (Å²) in [6.07, 6.45) is 29.6. The zero-order valence-corrected chi connectivity index (χ0v) is 25.0. The molecule has 0 aromatic carbocycles. The Labute approximate surface area is 238 Å². The molecule has 0 fully saturated rings. The molecule has 0 aromatic heterocycles. The lowest BCUT2D eigenvalue weighted by molar-refractivity contribution is -0.161. The first-order chi connectivity index (χ1) is 19.0. The number of aliphatic hydroxyl groups excluding tert-OH is 2. The molecule has 2 N–H and O–H groups in total. The van der Waals surface area contributed by atoms with Crippen LogP contribution in [-0.2, 0) is 19.1 Å². The Morgan fingerprint density at radius 3 is 2.00 bits per heavy atom. The summed E-state index contributed by atoms with van der Waals surface area (Å²) < 4.78 is 10.4. The quantitative estimate of drug-likeness (QED) is 0.0467. The van der Waals surface area contributed by atoms with Gasteiger partial charge in [0.2, 0.25) is 0 Å². The van der Waals surface area contributed by atoms with E-state index in [1.54, 1.807) is 6.08 Å². The number of rotatable bonds is 27. The molecule has 6 nitrogen and oxygen atoms in total. The highest BCUT2D eigenvalue weighted by atomic mass is 16.6. The molecular weight excluding hydrogens is 492 g/mol. The molecule has 39 heavy (non-hydrogen) atoms. The highest BCUT2D eigenvalue weighted by Crippen LogP contribution is 2.10. The number of hydrogen-bond acceptors (Lipinski definition) is 6. The average molecular weight is 551 g/mol. The van der Waals surface area contributed by atoms with Gasteiger partial charge in [-0.15, -0.1) is 0 Å². The number of carbonyl (C=O) groups excluding carboxylic acids is 2. The molecule has 1 unspecified atom stereocenters. The first-order valence-electron chi connectivity index (χ1n) is 15.7. The number of hydrogen-bond donors (Lipinski definition) is 2. The van der Waals surface area contributed by atoms with Gasteiger partial charge in [0.1, 0.15) is 6.61 Å². The topological polar surface area (TPSA) is 93.1 Å². The first-order valence-corrected chi connectivity index (χ1v) is 15.7. The van der Waals surface area contributed by atoms with Gasteiger partial charge in [-0.05, 0) is 38.5 Å². The predicted molar refractivity (Wildman–Crippen MR) is 160 cm³/mol. The molecule has 2 atom stereocenters. The largest absolute Gasteiger partial charge is 0.462 e. The number of carbonyl (C=O) groups is 2. The third kappa shape index (κ3) is 27.4. The highest BCUT2D eigenvalue weighted by molar-refractivity contribution is 5.70. The third-order valence-electron chi connectivity index (χ3n) is 6.54. The molecule has 6 heteroatoms. The van der Waals surface area contributed by atoms with Gasteiger partial charge < -0.3 is 19.7 Å². The lowest BCUT2D eigenvalue weighted by Gasteiger charge is -2.16. The normalized spacial score (nSPS) is 13.4. The lowest BCUT2D eigenvalue weighted by Crippen LogP contribution is -2.28. The van der Waals surface area contributed by atoms with Crippen LogP contribution in [0.2, 0.25) is 0 Å². The highest BCUT2D eigenvalue weighted by Gasteiger charge is 2.16. The van der Waals surface area contributed by atoms with Crippen molar-refractivity contribution in [3.05, 3.63) is 36.5 Å². The number of aliphatic hydroxyl groups is 2. The molecule has 0 amide bonds. The van der Waals surface area contributed by atoms with Crippen molar-refractivity contribution >= 4 is 11.9 Å². The van der Waals surface area contributed by atoms with E-state index >= 15 is 0 Å². The van der Waals surface area contributed by atoms with Crippen molar-refractivity contribution in [2.75, 3.05) is 13.2 Å². The van der Waals surface area contributed by atoms with Gasteiger partial charge in [0.15, 0.2) is 6.10 Å². The van der Waals surface area contributed by atoms with Crippen LogP contribution in [0.15, 0.2) is 36.5 Å². The second-order valence-corrected chi connectivity index (χ2v) is 10.4. The summed E-state index contributed by atoms with van der Waals surface area (Å²) in [5.41, 5.74) is 0. The average Bonchev–Trinajstić information content (AvgIpc) is 2.93. The van der Waals surface area contributed by atoms with Crippen molar-refractivity contribution < 1.29 is 29.3 Å². The Balaban J connectivity index is 3.83. The SMILES string of the molecule is CCCCCCCC/C=C/C/C=C/C=C/C(O)CCCC(=O)OC[C@H](CO)OC(=O)CCCCCCCCC. The smallest absolute Gasteiger partial charge is 0.306 e. The van der Waals surface area contributed by atoms with Gasteiger partial charge in [-0.1, -0.05) is 121 Å². The minimum atomic E-state index is -0.836. The summed E-state index contributed by atoms with van der Waals surface area (Å²) in [6.45, 7) is 3.88. The van der Waals surface area contributed by atoms with Crippen molar-refractivity contribution in [2.45, 2.75) is 148 Å². The van der Waals surface area contributed by atoms with Crippen LogP contribution in [0.5, 0.6) is 0 Å². The molecule has 226 valence electrons. The molecule has 0 heterocycles. The van der Waals surface area contributed by atoms with E-state index in [4.69, 9.17) is 9.47 Å². The van der Waals surface area contributed by atoms with E-state index in [9.17, 15) is 19.8 Å². The van der Waals surface area contributed by atoms with Crippen LogP contribution >= 0.6 is 0 Å². The fraction of sp³-hybridized carbons (Fsp3) is 0.758. The molecule has 0 saturated carbocycles. The third-order valence-corrected chi connectivity index (χ3v) is 6.54. The molecule has 0 spiro atoms. The Hall–Kier alpha value is -1.92. The predicted octanol–water partition coefficient (Wildman–Crippen LogP) is 7.91. The molecule has 0 aliphatic carbocycles. The Bertz CT molecular complexity index is 655. The fourth-order valence-corrected chi connectivity index (χ4v) is 4.09. The van der Waals surface area contributed by atoms with E-state index < -0.39 is 18.2 Å². The number of allylic oxidation sites excluding steroid dienone is 5. The maximum atomic E-state index is 12.0. The minimum absolute atomic E-state index is 0.154. The van der Waals surface area contributed by atoms with E-state index in [1.165, 1.54) is 64.2 Å². The van der Waals surface area contributed by atoms with Crippen LogP contribution in [0.4, 0.5) is 0 Å². The second-order valence-electron chi connectivity index (χ2n) is 10.4. The van der Waals surface area contributed by atoms with Gasteiger partial charge in [0.05, 0.1) is 12.7 Å². The van der Waals surface area contributed by atoms with Gasteiger partial charge in [-0.2, -0.15) is 0 Å². The van der Waals surface area contributed by atoms with Crippen molar-refractivity contribution in [3.8, 4) is 0 Å². The number of ether oxygens (including phenoxy) is 2. The summed E-state index contributed by atoms with van der Waals surface area (Å²) in [7, 11) is 0. The summed E-state index contributed by atoms with van der Waals surface area (Å²) in [6, 6.07) is 0. The van der Waals surface area contributed by atoms with Gasteiger partial charge >= 0.3 is 11.9 Å². The molecule has 0 rings (SSSR count). The zero-order valence-electron chi connectivity index (χ0n) is 25.0. The Morgan fingerprint density at radius 2 is 1.33 bits per heavy atom. The van der Waals surface area contributed by atoms with Crippen LogP contribution < -0.4 is 0 Å². The molecule has 0 aliphatic heterocycles. The van der Waals surface area contributed by atoms with Crippen molar-refractivity contribution in [3.63, 3.8) is 0 Å². The summed E-state index contributed by atoms with van der Waals surface area (Å²) in [5.74, 6) is -0.799. The van der Waals surface area contributed by atoms with E-state index in [0.29, 0.717) is 19.3 Å². The molecule has 0 bridgehead atoms. The van der Waals surface area contributed by atoms with Crippen molar-refractivity contribution in [1.82, 2.24) is 0 Å². The van der Waals surface area contributed by atoms with Gasteiger partial charge in [-0.3, -0.25) is 9.59 Å². The van der Waals surface area contributed by atoms with E-state index in [0.717, 1.165) is 32.1 Å². The van der Waals surface area contributed by atoms with Crippen LogP contribution in [0.3, 0.4) is 0 Å². The van der Waals surface area contributed by atoms with Gasteiger partial charge in [0, 0.05) is 12.8 Å². The molecule has 0 aliphatic rings. The van der Waals surface area contributed by atoms with E-state index in [1.807, 2.05) is 12.2 Å². The monoisotopic (exact) mass is 550 g/mol. The summed E-state index contributed by atoms with van der Waals surface area (Å²) in [5, 5.41) is 19.5. The van der Waals surface area contributed by atoms with Crippen LogP contribution in [0.25, 0.3) is 0 Å². The minimum Gasteiger partial charge on any atom is -0.462 e. The molecule has 0 radical (unpaired) electrons. The van der Waals surface area contributed by atoms with Crippen LogP contribution in [-0.4, -0.2) is 47.6 Å². The Morgan fingerprint density at radius 1 is 0.718 bits per heavy atom. The maximum Gasteiger partial charge on any atom is 0.306 e. The Kier molecular flexibility index (Phi) is 27.6. The number of unbranched alkanes of at least 4 members (excludes halogenated alkanes) is 12. The van der Waals surface area contributed by atoms with Crippen LogP contribution in [0, 0.1) is 0 Å². The van der Waals surface area contributed by atoms with Crippen LogP contribution in [0.1, 0.15) is 136 Å². The first kappa shape index (κ1) is 37.1. The van der Waals surface area contributed by atoms with Crippen molar-refractivity contribution in [1.29, 1.82) is 0 Å². The zero-order chi connectivity index (χ0) is 28.8.